The van der Waals surface area contributed by atoms with Gasteiger partial charge >= 0.3 is 0 Å². The summed E-state index contributed by atoms with van der Waals surface area (Å²) in [6, 6.07) is 25.5. The lowest BCUT2D eigenvalue weighted by molar-refractivity contribution is -0.136. The van der Waals surface area contributed by atoms with Gasteiger partial charge in [0.15, 0.2) is 5.78 Å². The lowest BCUT2D eigenvalue weighted by atomic mass is 9.93. The second-order valence-electron chi connectivity index (χ2n) is 18.0. The molecule has 0 radical (unpaired) electrons. The lowest BCUT2D eigenvalue weighted by Crippen LogP contribution is -2.70. The summed E-state index contributed by atoms with van der Waals surface area (Å²) < 4.78 is 12.9. The molecule has 3 aromatic rings. The Morgan fingerprint density at radius 1 is 0.678 bits per heavy atom. The van der Waals surface area contributed by atoms with E-state index in [1.165, 1.54) is 6.92 Å². The number of amides is 4. The van der Waals surface area contributed by atoms with Crippen molar-refractivity contribution in [2.75, 3.05) is 6.61 Å². The Balaban J connectivity index is 1.74. The number of ketones is 1. The third-order valence-electron chi connectivity index (χ3n) is 10.9. The zero-order valence-corrected chi connectivity index (χ0v) is 37.6. The van der Waals surface area contributed by atoms with Crippen LogP contribution >= 0.6 is 0 Å². The molecule has 0 unspecified atom stereocenters. The largest absolute Gasteiger partial charge is 0.402 e. The van der Waals surface area contributed by atoms with Crippen molar-refractivity contribution in [2.45, 2.75) is 136 Å². The highest BCUT2D eigenvalue weighted by Crippen LogP contribution is 2.38. The SMILES string of the molecule is CC(=O)N[C@@H](CCc1ccccc1)C(=O)N[C@@H](CC(C)C)C(=O)N[C@H](C(=O)N[C@@H](CC(C)C)C(=O)[C@@]1(C)CO1)[C@H](C)O[Si](c1ccccc1)(c1ccccc1)C(C)(C)C. The molecule has 0 spiro atoms. The molecule has 4 amide bonds. The number of hydrogen-bond donors (Lipinski definition) is 4. The topological polar surface area (TPSA) is 155 Å². The standard InChI is InChI=1S/C47H66N4O7Si/c1-31(2)28-39(42(53)47(10)30-57-47)49-45(56)41(33(5)58-59(46(7,8)9,36-22-16-12-17-23-36)37-24-18-13-19-25-37)51-44(55)40(29-32(3)4)50-43(54)38(48-34(6)52)27-26-35-20-14-11-15-21-35/h11-25,31-33,38-41H,26-30H2,1-10H3,(H,48,52)(H,49,56)(H,50,54)(H,51,55)/t33-,38-,39-,40-,41-,47+/m0/s1. The zero-order chi connectivity index (χ0) is 43.5. The van der Waals surface area contributed by atoms with E-state index < -0.39 is 66.9 Å². The second-order valence-corrected chi connectivity index (χ2v) is 22.3. The minimum absolute atomic E-state index is 0.0278. The highest BCUT2D eigenvalue weighted by Gasteiger charge is 2.53. The number of epoxide rings is 1. The van der Waals surface area contributed by atoms with Crippen LogP contribution in [0.4, 0.5) is 0 Å². The van der Waals surface area contributed by atoms with Crippen molar-refractivity contribution >= 4 is 48.1 Å². The first-order valence-electron chi connectivity index (χ1n) is 21.0. The summed E-state index contributed by atoms with van der Waals surface area (Å²) in [4.78, 5) is 69.3. The van der Waals surface area contributed by atoms with E-state index in [4.69, 9.17) is 9.16 Å². The Kier molecular flexibility index (Phi) is 16.4. The van der Waals surface area contributed by atoms with E-state index in [-0.39, 0.29) is 36.6 Å². The average Bonchev–Trinajstić information content (AvgIpc) is 3.94. The molecule has 12 heteroatoms. The van der Waals surface area contributed by atoms with Crippen molar-refractivity contribution in [1.29, 1.82) is 0 Å². The molecule has 1 aliphatic heterocycles. The molecule has 4 rings (SSSR count). The summed E-state index contributed by atoms with van der Waals surface area (Å²) in [5.74, 6) is -2.23. The van der Waals surface area contributed by atoms with E-state index in [1.807, 2.05) is 94.4 Å². The second kappa shape index (κ2) is 20.5. The van der Waals surface area contributed by atoms with Crippen molar-refractivity contribution in [3.8, 4) is 0 Å². The van der Waals surface area contributed by atoms with Crippen molar-refractivity contribution < 1.29 is 33.1 Å². The number of ether oxygens (including phenoxy) is 1. The van der Waals surface area contributed by atoms with Gasteiger partial charge in [-0.1, -0.05) is 139 Å². The van der Waals surface area contributed by atoms with Crippen LogP contribution in [0.5, 0.6) is 0 Å². The molecule has 1 heterocycles. The van der Waals surface area contributed by atoms with Gasteiger partial charge < -0.3 is 30.4 Å². The van der Waals surface area contributed by atoms with Crippen LogP contribution in [0.25, 0.3) is 0 Å². The maximum Gasteiger partial charge on any atom is 0.261 e. The molecule has 59 heavy (non-hydrogen) atoms. The van der Waals surface area contributed by atoms with Gasteiger partial charge in [-0.2, -0.15) is 0 Å². The fraction of sp³-hybridized carbons (Fsp3) is 0.511. The molecule has 11 nitrogen and oxygen atoms in total. The Labute approximate surface area is 352 Å². The zero-order valence-electron chi connectivity index (χ0n) is 36.6. The Hall–Kier alpha value is -4.65. The molecule has 1 saturated heterocycles. The van der Waals surface area contributed by atoms with Gasteiger partial charge in [-0.3, -0.25) is 24.0 Å². The molecule has 0 aromatic heterocycles. The van der Waals surface area contributed by atoms with Crippen molar-refractivity contribution in [3.05, 3.63) is 96.6 Å². The van der Waals surface area contributed by atoms with Crippen LogP contribution in [-0.2, 0) is 39.6 Å². The third kappa shape index (κ3) is 12.7. The highest BCUT2D eigenvalue weighted by molar-refractivity contribution is 6.99. The molecule has 0 bridgehead atoms. The summed E-state index contributed by atoms with van der Waals surface area (Å²) in [5, 5.41) is 13.2. The molecule has 0 saturated carbocycles. The van der Waals surface area contributed by atoms with E-state index in [0.717, 1.165) is 15.9 Å². The molecule has 6 atom stereocenters. The van der Waals surface area contributed by atoms with Gasteiger partial charge in [0.05, 0.1) is 18.8 Å². The maximum absolute atomic E-state index is 14.8. The number of hydrogen-bond acceptors (Lipinski definition) is 7. The summed E-state index contributed by atoms with van der Waals surface area (Å²) in [6.07, 6.45) is 0.550. The molecule has 1 aliphatic rings. The van der Waals surface area contributed by atoms with Crippen molar-refractivity contribution in [2.24, 2.45) is 11.8 Å². The van der Waals surface area contributed by atoms with Crippen LogP contribution in [-0.4, -0.2) is 80.2 Å². The van der Waals surface area contributed by atoms with E-state index in [1.54, 1.807) is 13.8 Å². The normalized spacial score (nSPS) is 17.9. The van der Waals surface area contributed by atoms with Crippen LogP contribution in [0.2, 0.25) is 5.04 Å². The fourth-order valence-electron chi connectivity index (χ4n) is 7.72. The predicted molar refractivity (Wildman–Crippen MR) is 235 cm³/mol. The molecule has 4 N–H and O–H groups in total. The summed E-state index contributed by atoms with van der Waals surface area (Å²) in [7, 11) is -3.26. The third-order valence-corrected chi connectivity index (χ3v) is 16.0. The van der Waals surface area contributed by atoms with Crippen LogP contribution < -0.4 is 31.6 Å². The molecule has 3 aromatic carbocycles. The van der Waals surface area contributed by atoms with Crippen LogP contribution in [0, 0.1) is 11.8 Å². The number of nitrogens with one attached hydrogen (secondary N) is 4. The maximum atomic E-state index is 14.8. The van der Waals surface area contributed by atoms with Gasteiger partial charge in [0.25, 0.3) is 8.32 Å². The van der Waals surface area contributed by atoms with Crippen LogP contribution in [0.1, 0.15) is 94.1 Å². The summed E-state index contributed by atoms with van der Waals surface area (Å²) in [5.41, 5.74) is 0.0209. The van der Waals surface area contributed by atoms with Gasteiger partial charge in [0.2, 0.25) is 23.6 Å². The first-order valence-corrected chi connectivity index (χ1v) is 22.9. The fourth-order valence-corrected chi connectivity index (χ4v) is 12.4. The van der Waals surface area contributed by atoms with Gasteiger partial charge in [-0.25, -0.2) is 0 Å². The monoisotopic (exact) mass is 826 g/mol. The van der Waals surface area contributed by atoms with E-state index in [9.17, 15) is 24.0 Å². The first-order chi connectivity index (χ1) is 27.8. The smallest absolute Gasteiger partial charge is 0.261 e. The highest BCUT2D eigenvalue weighted by atomic mass is 28.4. The number of rotatable bonds is 21. The average molecular weight is 827 g/mol. The predicted octanol–water partition coefficient (Wildman–Crippen LogP) is 4.99. The van der Waals surface area contributed by atoms with Crippen molar-refractivity contribution in [1.82, 2.24) is 21.3 Å². The lowest BCUT2D eigenvalue weighted by Gasteiger charge is -2.45. The quantitative estimate of drug-likeness (QED) is 0.0872. The van der Waals surface area contributed by atoms with Gasteiger partial charge in [-0.05, 0) is 72.3 Å². The molecule has 1 fully saturated rings. The summed E-state index contributed by atoms with van der Waals surface area (Å²) >= 11 is 0. The minimum atomic E-state index is -3.26. The Morgan fingerprint density at radius 3 is 1.59 bits per heavy atom. The minimum Gasteiger partial charge on any atom is -0.402 e. The molecule has 0 aliphatic carbocycles. The number of carbonyl (C=O) groups is 5. The number of carbonyl (C=O) groups excluding carboxylic acids is 5. The summed E-state index contributed by atoms with van der Waals surface area (Å²) in [6.45, 7) is 19.3. The van der Waals surface area contributed by atoms with Gasteiger partial charge in [0, 0.05) is 6.92 Å². The van der Waals surface area contributed by atoms with E-state index >= 15 is 0 Å². The number of benzene rings is 3. The molecular formula is C47H66N4O7Si. The van der Waals surface area contributed by atoms with Crippen LogP contribution in [0.15, 0.2) is 91.0 Å². The van der Waals surface area contributed by atoms with Crippen LogP contribution in [0.3, 0.4) is 0 Å². The Morgan fingerprint density at radius 2 is 1.14 bits per heavy atom. The molecule has 320 valence electrons. The van der Waals surface area contributed by atoms with Gasteiger partial charge in [-0.15, -0.1) is 0 Å². The number of Topliss-reactive ketones (excluding diaryl/α,β-unsaturated/α-hetero) is 1. The van der Waals surface area contributed by atoms with Crippen molar-refractivity contribution in [3.63, 3.8) is 0 Å². The Bertz CT molecular complexity index is 1820. The van der Waals surface area contributed by atoms with E-state index in [0.29, 0.717) is 19.3 Å². The molecular weight excluding hydrogens is 761 g/mol. The van der Waals surface area contributed by atoms with Gasteiger partial charge in [0.1, 0.15) is 23.7 Å². The first kappa shape index (κ1) is 47.0. The number of aryl methyl sites for hydroxylation is 1. The van der Waals surface area contributed by atoms with E-state index in [2.05, 4.69) is 66.3 Å².